The smallest absolute Gasteiger partial charge is 0.251 e. The molecule has 3 N–H and O–H groups in total. The minimum atomic E-state index is 0.00497. The van der Waals surface area contributed by atoms with E-state index >= 15 is 0 Å². The Bertz CT molecular complexity index is 374. The van der Waals surface area contributed by atoms with Crippen molar-refractivity contribution in [2.75, 3.05) is 6.54 Å². The zero-order valence-electron chi connectivity index (χ0n) is 9.28. The summed E-state index contributed by atoms with van der Waals surface area (Å²) in [7, 11) is 0. The average Bonchev–Trinajstić information content (AvgIpc) is 2.24. The van der Waals surface area contributed by atoms with Crippen molar-refractivity contribution in [3.63, 3.8) is 0 Å². The van der Waals surface area contributed by atoms with Crippen LogP contribution in [0.1, 0.15) is 35.3 Å². The van der Waals surface area contributed by atoms with Crippen LogP contribution < -0.4 is 11.1 Å². The van der Waals surface area contributed by atoms with Crippen molar-refractivity contribution in [2.24, 2.45) is 5.73 Å². The lowest BCUT2D eigenvalue weighted by Gasteiger charge is -2.26. The zero-order chi connectivity index (χ0) is 11.4. The van der Waals surface area contributed by atoms with Gasteiger partial charge < -0.3 is 11.1 Å². The lowest BCUT2D eigenvalue weighted by molar-refractivity contribution is 0.0916. The molecule has 1 amide bonds. The molecule has 1 aromatic rings. The van der Waals surface area contributed by atoms with E-state index in [-0.39, 0.29) is 5.91 Å². The van der Waals surface area contributed by atoms with E-state index in [2.05, 4.69) is 10.3 Å². The quantitative estimate of drug-likeness (QED) is 0.789. The van der Waals surface area contributed by atoms with E-state index in [1.165, 1.54) is 6.42 Å². The molecule has 1 aliphatic carbocycles. The Labute approximate surface area is 95.3 Å². The van der Waals surface area contributed by atoms with Gasteiger partial charge in [-0.1, -0.05) is 0 Å². The summed E-state index contributed by atoms with van der Waals surface area (Å²) in [4.78, 5) is 16.0. The zero-order valence-corrected chi connectivity index (χ0v) is 9.28. The van der Waals surface area contributed by atoms with Crippen LogP contribution in [0.5, 0.6) is 0 Å². The molecule has 1 fully saturated rings. The Kier molecular flexibility index (Phi) is 3.51. The summed E-state index contributed by atoms with van der Waals surface area (Å²) in [6, 6.07) is 3.94. The molecule has 0 spiro atoms. The molecule has 86 valence electrons. The fourth-order valence-electron chi connectivity index (χ4n) is 1.73. The highest BCUT2D eigenvalue weighted by molar-refractivity contribution is 5.94. The van der Waals surface area contributed by atoms with E-state index in [1.54, 1.807) is 12.3 Å². The number of nitrogens with zero attached hydrogens (tertiary/aromatic N) is 1. The Balaban J connectivity index is 2.00. The van der Waals surface area contributed by atoms with Crippen LogP contribution in [0.15, 0.2) is 18.3 Å². The lowest BCUT2D eigenvalue weighted by Crippen LogP contribution is -2.39. The number of nitrogens with two attached hydrogens (primary N) is 1. The SMILES string of the molecule is NCCc1cc(C(=O)NC2CCC2)ccn1. The summed E-state index contributed by atoms with van der Waals surface area (Å²) >= 11 is 0. The molecule has 1 aromatic heterocycles. The molecule has 2 rings (SSSR count). The van der Waals surface area contributed by atoms with Crippen LogP contribution in [0, 0.1) is 0 Å². The van der Waals surface area contributed by atoms with Gasteiger partial charge in [0.15, 0.2) is 0 Å². The van der Waals surface area contributed by atoms with Gasteiger partial charge in [0, 0.05) is 29.9 Å². The van der Waals surface area contributed by atoms with Crippen molar-refractivity contribution >= 4 is 5.91 Å². The first kappa shape index (κ1) is 11.1. The second-order valence-electron chi connectivity index (χ2n) is 4.18. The van der Waals surface area contributed by atoms with Gasteiger partial charge in [-0.15, -0.1) is 0 Å². The van der Waals surface area contributed by atoms with E-state index in [0.717, 1.165) is 18.5 Å². The van der Waals surface area contributed by atoms with Crippen LogP contribution in [-0.2, 0) is 6.42 Å². The minimum Gasteiger partial charge on any atom is -0.349 e. The molecule has 0 aromatic carbocycles. The fraction of sp³-hybridized carbons (Fsp3) is 0.500. The van der Waals surface area contributed by atoms with Crippen LogP contribution in [0.4, 0.5) is 0 Å². The number of hydrogen-bond acceptors (Lipinski definition) is 3. The van der Waals surface area contributed by atoms with Crippen LogP contribution in [0.3, 0.4) is 0 Å². The summed E-state index contributed by atoms with van der Waals surface area (Å²) in [5.41, 5.74) is 7.02. The third-order valence-corrected chi connectivity index (χ3v) is 2.92. The molecule has 1 heterocycles. The molecule has 0 radical (unpaired) electrons. The highest BCUT2D eigenvalue weighted by Crippen LogP contribution is 2.18. The molecule has 0 bridgehead atoms. The molecular weight excluding hydrogens is 202 g/mol. The monoisotopic (exact) mass is 219 g/mol. The molecule has 16 heavy (non-hydrogen) atoms. The summed E-state index contributed by atoms with van der Waals surface area (Å²) in [5, 5.41) is 3.00. The van der Waals surface area contributed by atoms with Crippen molar-refractivity contribution in [1.82, 2.24) is 10.3 Å². The Morgan fingerprint density at radius 2 is 2.38 bits per heavy atom. The number of rotatable bonds is 4. The summed E-state index contributed by atoms with van der Waals surface area (Å²) in [6.07, 6.45) is 5.81. The van der Waals surface area contributed by atoms with Gasteiger partial charge in [0.25, 0.3) is 5.91 Å². The molecule has 1 saturated carbocycles. The molecule has 0 saturated heterocycles. The normalized spacial score (nSPS) is 15.6. The van der Waals surface area contributed by atoms with Crippen LogP contribution in [0.25, 0.3) is 0 Å². The van der Waals surface area contributed by atoms with Gasteiger partial charge in [-0.2, -0.15) is 0 Å². The third kappa shape index (κ3) is 2.58. The van der Waals surface area contributed by atoms with Gasteiger partial charge in [0.2, 0.25) is 0 Å². The molecular formula is C12H17N3O. The van der Waals surface area contributed by atoms with Crippen molar-refractivity contribution < 1.29 is 4.79 Å². The maximum atomic E-state index is 11.8. The number of aromatic nitrogens is 1. The number of carbonyl (C=O) groups is 1. The Hall–Kier alpha value is -1.42. The van der Waals surface area contributed by atoms with Gasteiger partial charge in [-0.05, 0) is 37.9 Å². The van der Waals surface area contributed by atoms with Crippen molar-refractivity contribution in [1.29, 1.82) is 0 Å². The molecule has 0 atom stereocenters. The van der Waals surface area contributed by atoms with Gasteiger partial charge in [-0.25, -0.2) is 0 Å². The second kappa shape index (κ2) is 5.07. The number of pyridine rings is 1. The number of carbonyl (C=O) groups excluding carboxylic acids is 1. The fourth-order valence-corrected chi connectivity index (χ4v) is 1.73. The van der Waals surface area contributed by atoms with Gasteiger partial charge in [-0.3, -0.25) is 9.78 Å². The van der Waals surface area contributed by atoms with Crippen molar-refractivity contribution in [3.05, 3.63) is 29.6 Å². The van der Waals surface area contributed by atoms with Crippen LogP contribution in [-0.4, -0.2) is 23.5 Å². The highest BCUT2D eigenvalue weighted by atomic mass is 16.1. The Morgan fingerprint density at radius 1 is 1.56 bits per heavy atom. The minimum absolute atomic E-state index is 0.00497. The van der Waals surface area contributed by atoms with E-state index in [0.29, 0.717) is 24.6 Å². The topological polar surface area (TPSA) is 68.0 Å². The summed E-state index contributed by atoms with van der Waals surface area (Å²) < 4.78 is 0. The summed E-state index contributed by atoms with van der Waals surface area (Å²) in [5.74, 6) is 0.00497. The third-order valence-electron chi connectivity index (χ3n) is 2.92. The van der Waals surface area contributed by atoms with Gasteiger partial charge in [0.1, 0.15) is 0 Å². The molecule has 4 heteroatoms. The number of nitrogens with one attached hydrogen (secondary N) is 1. The number of hydrogen-bond donors (Lipinski definition) is 2. The van der Waals surface area contributed by atoms with E-state index < -0.39 is 0 Å². The van der Waals surface area contributed by atoms with E-state index in [1.807, 2.05) is 6.07 Å². The largest absolute Gasteiger partial charge is 0.349 e. The van der Waals surface area contributed by atoms with E-state index in [9.17, 15) is 4.79 Å². The first-order valence-corrected chi connectivity index (χ1v) is 5.75. The molecule has 0 unspecified atom stereocenters. The molecule has 0 aliphatic heterocycles. The lowest BCUT2D eigenvalue weighted by atomic mass is 9.93. The van der Waals surface area contributed by atoms with Crippen molar-refractivity contribution in [3.8, 4) is 0 Å². The van der Waals surface area contributed by atoms with E-state index in [4.69, 9.17) is 5.73 Å². The summed E-state index contributed by atoms with van der Waals surface area (Å²) in [6.45, 7) is 0.556. The molecule has 1 aliphatic rings. The second-order valence-corrected chi connectivity index (χ2v) is 4.18. The van der Waals surface area contributed by atoms with Crippen molar-refractivity contribution in [2.45, 2.75) is 31.7 Å². The van der Waals surface area contributed by atoms with Crippen LogP contribution >= 0.6 is 0 Å². The Morgan fingerprint density at radius 3 is 3.00 bits per heavy atom. The first-order chi connectivity index (χ1) is 7.79. The van der Waals surface area contributed by atoms with Crippen LogP contribution in [0.2, 0.25) is 0 Å². The van der Waals surface area contributed by atoms with Gasteiger partial charge >= 0.3 is 0 Å². The number of amides is 1. The van der Waals surface area contributed by atoms with Gasteiger partial charge in [0.05, 0.1) is 0 Å². The maximum Gasteiger partial charge on any atom is 0.251 e. The standard InChI is InChI=1S/C12H17N3O/c13-6-4-11-8-9(5-7-14-11)12(16)15-10-2-1-3-10/h5,7-8,10H,1-4,6,13H2,(H,15,16). The first-order valence-electron chi connectivity index (χ1n) is 5.75. The average molecular weight is 219 g/mol. The predicted octanol–water partition coefficient (Wildman–Crippen LogP) is 0.865. The maximum absolute atomic E-state index is 11.8. The highest BCUT2D eigenvalue weighted by Gasteiger charge is 2.20. The molecule has 4 nitrogen and oxygen atoms in total. The predicted molar refractivity (Wildman–Crippen MR) is 62.1 cm³/mol.